The normalized spacial score (nSPS) is 13.0. The first-order valence-electron chi connectivity index (χ1n) is 5.80. The van der Waals surface area contributed by atoms with Crippen LogP contribution < -0.4 is 5.32 Å². The molecule has 1 rings (SSSR count). The third kappa shape index (κ3) is 4.07. The standard InChI is InChI=1S/C11H16F3N3O2S/c1-8(2)17(7-11(12,13)14)20(18,19)9-4-5-16-10(6-9)15-3/h4-6,8H,7H2,1-3H3,(H,15,16). The lowest BCUT2D eigenvalue weighted by molar-refractivity contribution is -0.138. The van der Waals surface area contributed by atoms with Crippen LogP contribution in [0.5, 0.6) is 0 Å². The summed E-state index contributed by atoms with van der Waals surface area (Å²) in [5.74, 6) is 0.266. The zero-order chi connectivity index (χ0) is 15.6. The predicted molar refractivity (Wildman–Crippen MR) is 68.9 cm³/mol. The smallest absolute Gasteiger partial charge is 0.373 e. The van der Waals surface area contributed by atoms with Crippen LogP contribution in [0.1, 0.15) is 13.8 Å². The van der Waals surface area contributed by atoms with Crippen molar-refractivity contribution in [3.63, 3.8) is 0 Å². The van der Waals surface area contributed by atoms with Crippen LogP contribution in [0.25, 0.3) is 0 Å². The topological polar surface area (TPSA) is 62.3 Å². The molecule has 0 saturated carbocycles. The Morgan fingerprint density at radius 3 is 2.45 bits per heavy atom. The molecule has 0 aliphatic rings. The number of nitrogens with zero attached hydrogens (tertiary/aromatic N) is 2. The Kier molecular flexibility index (Phi) is 4.98. The number of nitrogens with one attached hydrogen (secondary N) is 1. The lowest BCUT2D eigenvalue weighted by Crippen LogP contribution is -2.43. The minimum atomic E-state index is -4.60. The molecule has 114 valence electrons. The van der Waals surface area contributed by atoms with E-state index >= 15 is 0 Å². The Hall–Kier alpha value is -1.35. The molecule has 0 amide bonds. The summed E-state index contributed by atoms with van der Waals surface area (Å²) >= 11 is 0. The first-order chi connectivity index (χ1) is 9.08. The highest BCUT2D eigenvalue weighted by molar-refractivity contribution is 7.89. The van der Waals surface area contributed by atoms with Gasteiger partial charge in [-0.25, -0.2) is 13.4 Å². The molecule has 1 aromatic heterocycles. The van der Waals surface area contributed by atoms with E-state index in [1.54, 1.807) is 0 Å². The van der Waals surface area contributed by atoms with Crippen LogP contribution >= 0.6 is 0 Å². The van der Waals surface area contributed by atoms with Crippen molar-refractivity contribution in [1.29, 1.82) is 0 Å². The number of alkyl halides is 3. The molecule has 0 bridgehead atoms. The Morgan fingerprint density at radius 2 is 2.00 bits per heavy atom. The van der Waals surface area contributed by atoms with E-state index < -0.39 is 28.8 Å². The fourth-order valence-electron chi connectivity index (χ4n) is 1.57. The number of hydrogen-bond donors (Lipinski definition) is 1. The van der Waals surface area contributed by atoms with E-state index in [0.29, 0.717) is 4.31 Å². The zero-order valence-corrected chi connectivity index (χ0v) is 12.1. The second-order valence-electron chi connectivity index (χ2n) is 4.39. The SMILES string of the molecule is CNc1cc(S(=O)(=O)N(CC(F)(F)F)C(C)C)ccn1. The maximum atomic E-state index is 12.5. The van der Waals surface area contributed by atoms with Gasteiger partial charge < -0.3 is 5.32 Å². The minimum absolute atomic E-state index is 0.227. The summed E-state index contributed by atoms with van der Waals surface area (Å²) < 4.78 is 62.6. The summed E-state index contributed by atoms with van der Waals surface area (Å²) in [5.41, 5.74) is 0. The van der Waals surface area contributed by atoms with Crippen molar-refractivity contribution in [2.75, 3.05) is 18.9 Å². The molecule has 0 atom stereocenters. The van der Waals surface area contributed by atoms with Crippen molar-refractivity contribution in [2.45, 2.75) is 31.0 Å². The third-order valence-electron chi connectivity index (χ3n) is 2.51. The molecule has 1 aromatic rings. The molecule has 0 radical (unpaired) electrons. The third-order valence-corrected chi connectivity index (χ3v) is 4.52. The highest BCUT2D eigenvalue weighted by Gasteiger charge is 2.38. The Bertz CT molecular complexity index is 558. The van der Waals surface area contributed by atoms with Gasteiger partial charge in [0, 0.05) is 25.4 Å². The minimum Gasteiger partial charge on any atom is -0.373 e. The lowest BCUT2D eigenvalue weighted by atomic mass is 10.4. The number of pyridine rings is 1. The molecule has 0 aliphatic heterocycles. The second kappa shape index (κ2) is 5.96. The number of aromatic nitrogens is 1. The van der Waals surface area contributed by atoms with Gasteiger partial charge in [-0.3, -0.25) is 0 Å². The average Bonchev–Trinajstić information content (AvgIpc) is 2.34. The second-order valence-corrected chi connectivity index (χ2v) is 6.28. The summed E-state index contributed by atoms with van der Waals surface area (Å²) in [7, 11) is -2.70. The highest BCUT2D eigenvalue weighted by atomic mass is 32.2. The summed E-state index contributed by atoms with van der Waals surface area (Å²) in [6.45, 7) is 1.26. The van der Waals surface area contributed by atoms with E-state index in [1.807, 2.05) is 0 Å². The molecule has 0 aliphatic carbocycles. The van der Waals surface area contributed by atoms with E-state index in [9.17, 15) is 21.6 Å². The van der Waals surface area contributed by atoms with Crippen molar-refractivity contribution < 1.29 is 21.6 Å². The van der Waals surface area contributed by atoms with Gasteiger partial charge in [0.15, 0.2) is 0 Å². The lowest BCUT2D eigenvalue weighted by Gasteiger charge is -2.26. The van der Waals surface area contributed by atoms with Crippen molar-refractivity contribution in [2.24, 2.45) is 0 Å². The van der Waals surface area contributed by atoms with Gasteiger partial charge in [0.1, 0.15) is 12.4 Å². The van der Waals surface area contributed by atoms with Crippen LogP contribution in [0.2, 0.25) is 0 Å². The number of rotatable bonds is 5. The Balaban J connectivity index is 3.22. The van der Waals surface area contributed by atoms with Gasteiger partial charge in [-0.05, 0) is 19.9 Å². The van der Waals surface area contributed by atoms with Crippen molar-refractivity contribution >= 4 is 15.8 Å². The van der Waals surface area contributed by atoms with Gasteiger partial charge in [-0.2, -0.15) is 17.5 Å². The molecular formula is C11H16F3N3O2S. The molecule has 5 nitrogen and oxygen atoms in total. The van der Waals surface area contributed by atoms with Gasteiger partial charge in [-0.1, -0.05) is 0 Å². The molecule has 1 heterocycles. The quantitative estimate of drug-likeness (QED) is 0.904. The molecule has 0 saturated heterocycles. The van der Waals surface area contributed by atoms with E-state index in [4.69, 9.17) is 0 Å². The summed E-state index contributed by atoms with van der Waals surface area (Å²) in [6.07, 6.45) is -3.37. The van der Waals surface area contributed by atoms with Crippen molar-refractivity contribution in [3.05, 3.63) is 18.3 Å². The monoisotopic (exact) mass is 311 g/mol. The number of anilines is 1. The van der Waals surface area contributed by atoms with Crippen LogP contribution in [0, 0.1) is 0 Å². The van der Waals surface area contributed by atoms with Gasteiger partial charge in [-0.15, -0.1) is 0 Å². The van der Waals surface area contributed by atoms with Crippen molar-refractivity contribution in [1.82, 2.24) is 9.29 Å². The van der Waals surface area contributed by atoms with E-state index in [2.05, 4.69) is 10.3 Å². The number of sulfonamides is 1. The molecule has 0 spiro atoms. The molecular weight excluding hydrogens is 295 g/mol. The van der Waals surface area contributed by atoms with Crippen LogP contribution in [0.4, 0.5) is 19.0 Å². The number of hydrogen-bond acceptors (Lipinski definition) is 4. The zero-order valence-electron chi connectivity index (χ0n) is 11.3. The van der Waals surface area contributed by atoms with Crippen LogP contribution in [0.3, 0.4) is 0 Å². The highest BCUT2D eigenvalue weighted by Crippen LogP contribution is 2.25. The van der Waals surface area contributed by atoms with Gasteiger partial charge in [0.05, 0.1) is 4.90 Å². The maximum absolute atomic E-state index is 12.5. The fraction of sp³-hybridized carbons (Fsp3) is 0.545. The summed E-state index contributed by atoms with van der Waals surface area (Å²) in [5, 5.41) is 2.64. The van der Waals surface area contributed by atoms with Gasteiger partial charge in [0.2, 0.25) is 10.0 Å². The van der Waals surface area contributed by atoms with E-state index in [1.165, 1.54) is 39.2 Å². The first-order valence-corrected chi connectivity index (χ1v) is 7.24. The first kappa shape index (κ1) is 16.7. The predicted octanol–water partition coefficient (Wildman–Crippen LogP) is 2.08. The fourth-order valence-corrected chi connectivity index (χ4v) is 3.20. The van der Waals surface area contributed by atoms with E-state index in [-0.39, 0.29) is 10.7 Å². The molecule has 20 heavy (non-hydrogen) atoms. The van der Waals surface area contributed by atoms with Gasteiger partial charge in [0.25, 0.3) is 0 Å². The summed E-state index contributed by atoms with van der Waals surface area (Å²) in [4.78, 5) is 3.61. The molecule has 0 aromatic carbocycles. The molecule has 0 unspecified atom stereocenters. The van der Waals surface area contributed by atoms with Crippen LogP contribution in [0.15, 0.2) is 23.2 Å². The molecule has 0 fully saturated rings. The Labute approximate surface area is 115 Å². The molecule has 1 N–H and O–H groups in total. The van der Waals surface area contributed by atoms with Crippen LogP contribution in [-0.2, 0) is 10.0 Å². The average molecular weight is 311 g/mol. The number of halogens is 3. The van der Waals surface area contributed by atoms with Crippen LogP contribution in [-0.4, -0.2) is 43.5 Å². The Morgan fingerprint density at radius 1 is 1.40 bits per heavy atom. The van der Waals surface area contributed by atoms with Gasteiger partial charge >= 0.3 is 6.18 Å². The van der Waals surface area contributed by atoms with E-state index in [0.717, 1.165) is 0 Å². The van der Waals surface area contributed by atoms with Crippen molar-refractivity contribution in [3.8, 4) is 0 Å². The summed E-state index contributed by atoms with van der Waals surface area (Å²) in [6, 6.07) is 1.55. The molecule has 9 heteroatoms. The maximum Gasteiger partial charge on any atom is 0.402 e. The largest absolute Gasteiger partial charge is 0.402 e.